The Bertz CT molecular complexity index is 1020. The minimum absolute atomic E-state index is 0.121. The normalized spacial score (nSPS) is 11.3. The van der Waals surface area contributed by atoms with Gasteiger partial charge in [0, 0.05) is 18.2 Å². The monoisotopic (exact) mass is 363 g/mol. The van der Waals surface area contributed by atoms with Gasteiger partial charge in [-0.1, -0.05) is 12.1 Å². The standard InChI is InChI=1S/C16H14FN3O4S/c1-24-13-7-11(6-12(21)8-13)19-25(22,23)14-9-18-20(10-14)16-5-3-2-4-15(16)17/h2-10,19,21H,1H3. The molecule has 2 N–H and O–H groups in total. The molecular weight excluding hydrogens is 349 g/mol. The molecule has 1 heterocycles. The first-order chi connectivity index (χ1) is 11.9. The van der Waals surface area contributed by atoms with Crippen LogP contribution in [0.25, 0.3) is 5.69 Å². The summed E-state index contributed by atoms with van der Waals surface area (Å²) in [6.07, 6.45) is 2.30. The predicted molar refractivity (Wildman–Crippen MR) is 89.0 cm³/mol. The van der Waals surface area contributed by atoms with Crippen molar-refractivity contribution >= 4 is 15.7 Å². The number of nitrogens with one attached hydrogen (secondary N) is 1. The quantitative estimate of drug-likeness (QED) is 0.727. The second-order valence-electron chi connectivity index (χ2n) is 5.10. The van der Waals surface area contributed by atoms with Gasteiger partial charge >= 0.3 is 0 Å². The lowest BCUT2D eigenvalue weighted by Gasteiger charge is -2.08. The molecule has 0 radical (unpaired) electrons. The number of benzene rings is 2. The molecule has 0 spiro atoms. The Morgan fingerprint density at radius 3 is 2.72 bits per heavy atom. The number of phenols is 1. The summed E-state index contributed by atoms with van der Waals surface area (Å²) in [6, 6.07) is 9.87. The van der Waals surface area contributed by atoms with Crippen LogP contribution in [0.2, 0.25) is 0 Å². The molecule has 25 heavy (non-hydrogen) atoms. The molecule has 7 nitrogen and oxygen atoms in total. The first-order valence-electron chi connectivity index (χ1n) is 7.09. The van der Waals surface area contributed by atoms with Gasteiger partial charge in [0.15, 0.2) is 0 Å². The molecule has 0 aliphatic carbocycles. The third-order valence-electron chi connectivity index (χ3n) is 3.35. The summed E-state index contributed by atoms with van der Waals surface area (Å²) in [5.41, 5.74) is 0.249. The predicted octanol–water partition coefficient (Wildman–Crippen LogP) is 2.53. The number of anilines is 1. The lowest BCUT2D eigenvalue weighted by atomic mass is 10.3. The van der Waals surface area contributed by atoms with Crippen molar-refractivity contribution in [1.29, 1.82) is 0 Å². The average molecular weight is 363 g/mol. The van der Waals surface area contributed by atoms with E-state index in [1.807, 2.05) is 0 Å². The van der Waals surface area contributed by atoms with Crippen LogP contribution >= 0.6 is 0 Å². The van der Waals surface area contributed by atoms with Crippen LogP contribution in [0, 0.1) is 5.82 Å². The third-order valence-corrected chi connectivity index (χ3v) is 4.68. The molecule has 9 heteroatoms. The van der Waals surface area contributed by atoms with E-state index in [9.17, 15) is 17.9 Å². The van der Waals surface area contributed by atoms with Crippen LogP contribution in [0.15, 0.2) is 59.8 Å². The maximum Gasteiger partial charge on any atom is 0.265 e. The molecule has 3 rings (SSSR count). The van der Waals surface area contributed by atoms with Crippen molar-refractivity contribution in [3.8, 4) is 17.2 Å². The number of phenolic OH excluding ortho intramolecular Hbond substituents is 1. The van der Waals surface area contributed by atoms with Crippen molar-refractivity contribution in [3.05, 3.63) is 60.7 Å². The van der Waals surface area contributed by atoms with Gasteiger partial charge in [0.25, 0.3) is 10.0 Å². The zero-order valence-electron chi connectivity index (χ0n) is 13.0. The largest absolute Gasteiger partial charge is 0.508 e. The van der Waals surface area contributed by atoms with Gasteiger partial charge in [-0.25, -0.2) is 17.5 Å². The number of ether oxygens (including phenoxy) is 1. The molecule has 130 valence electrons. The fourth-order valence-electron chi connectivity index (χ4n) is 2.19. The molecule has 1 aromatic heterocycles. The Hall–Kier alpha value is -3.07. The fraction of sp³-hybridized carbons (Fsp3) is 0.0625. The molecule has 0 unspecified atom stereocenters. The molecule has 3 aromatic rings. The van der Waals surface area contributed by atoms with Gasteiger partial charge in [0.2, 0.25) is 0 Å². The molecule has 0 saturated heterocycles. The summed E-state index contributed by atoms with van der Waals surface area (Å²) < 4.78 is 47.1. The Morgan fingerprint density at radius 1 is 1.24 bits per heavy atom. The highest BCUT2D eigenvalue weighted by molar-refractivity contribution is 7.92. The minimum atomic E-state index is -3.98. The topological polar surface area (TPSA) is 93.4 Å². The van der Waals surface area contributed by atoms with Crippen molar-refractivity contribution in [1.82, 2.24) is 9.78 Å². The zero-order valence-corrected chi connectivity index (χ0v) is 13.9. The van der Waals surface area contributed by atoms with E-state index in [-0.39, 0.29) is 22.0 Å². The number of para-hydroxylation sites is 1. The van der Waals surface area contributed by atoms with E-state index in [0.717, 1.165) is 10.9 Å². The van der Waals surface area contributed by atoms with Crippen LogP contribution < -0.4 is 9.46 Å². The van der Waals surface area contributed by atoms with Gasteiger partial charge < -0.3 is 9.84 Å². The highest BCUT2D eigenvalue weighted by atomic mass is 32.2. The molecule has 0 saturated carbocycles. The number of aromatic hydroxyl groups is 1. The summed E-state index contributed by atoms with van der Waals surface area (Å²) in [5, 5.41) is 13.5. The maximum absolute atomic E-state index is 13.8. The number of halogens is 1. The van der Waals surface area contributed by atoms with Gasteiger partial charge in [-0.15, -0.1) is 0 Å². The average Bonchev–Trinajstić information content (AvgIpc) is 3.05. The number of rotatable bonds is 5. The SMILES string of the molecule is COc1cc(O)cc(NS(=O)(=O)c2cnn(-c3ccccc3F)c2)c1. The summed E-state index contributed by atoms with van der Waals surface area (Å²) in [7, 11) is -2.58. The van der Waals surface area contributed by atoms with Gasteiger partial charge in [-0.3, -0.25) is 4.72 Å². The van der Waals surface area contributed by atoms with Crippen LogP contribution in [-0.4, -0.2) is 30.4 Å². The number of hydrogen-bond acceptors (Lipinski definition) is 5. The van der Waals surface area contributed by atoms with Crippen LogP contribution in [0.3, 0.4) is 0 Å². The van der Waals surface area contributed by atoms with Crippen LogP contribution in [0.5, 0.6) is 11.5 Å². The highest BCUT2D eigenvalue weighted by Crippen LogP contribution is 2.27. The van der Waals surface area contributed by atoms with Crippen molar-refractivity contribution in [3.63, 3.8) is 0 Å². The van der Waals surface area contributed by atoms with E-state index in [2.05, 4.69) is 9.82 Å². The number of nitrogens with zero attached hydrogens (tertiary/aromatic N) is 2. The molecule has 0 amide bonds. The zero-order chi connectivity index (χ0) is 18.0. The Labute approximate surface area is 143 Å². The Morgan fingerprint density at radius 2 is 2.00 bits per heavy atom. The molecule has 2 aromatic carbocycles. The van der Waals surface area contributed by atoms with E-state index in [4.69, 9.17) is 4.74 Å². The Kier molecular flexibility index (Phi) is 4.32. The molecule has 0 aliphatic rings. The van der Waals surface area contributed by atoms with Crippen LogP contribution in [-0.2, 0) is 10.0 Å². The van der Waals surface area contributed by atoms with Crippen LogP contribution in [0.1, 0.15) is 0 Å². The Balaban J connectivity index is 1.91. The molecular formula is C16H14FN3O4S. The first kappa shape index (κ1) is 16.8. The summed E-state index contributed by atoms with van der Waals surface area (Å²) in [4.78, 5) is -0.155. The lowest BCUT2D eigenvalue weighted by Crippen LogP contribution is -2.12. The second-order valence-corrected chi connectivity index (χ2v) is 6.78. The van der Waals surface area contributed by atoms with Crippen molar-refractivity contribution in [2.45, 2.75) is 4.90 Å². The number of aromatic nitrogens is 2. The van der Waals surface area contributed by atoms with Crippen molar-refractivity contribution in [2.75, 3.05) is 11.8 Å². The van der Waals surface area contributed by atoms with Gasteiger partial charge in [0.1, 0.15) is 27.9 Å². The fourth-order valence-corrected chi connectivity index (χ4v) is 3.16. The first-order valence-corrected chi connectivity index (χ1v) is 8.58. The molecule has 0 fully saturated rings. The summed E-state index contributed by atoms with van der Waals surface area (Å²) in [5.74, 6) is -0.390. The molecule has 0 bridgehead atoms. The second kappa shape index (κ2) is 6.44. The highest BCUT2D eigenvalue weighted by Gasteiger charge is 2.18. The van der Waals surface area contributed by atoms with E-state index < -0.39 is 15.8 Å². The van der Waals surface area contributed by atoms with E-state index in [1.165, 1.54) is 49.7 Å². The van der Waals surface area contributed by atoms with Gasteiger partial charge in [-0.2, -0.15) is 5.10 Å². The van der Waals surface area contributed by atoms with Gasteiger partial charge in [0.05, 0.1) is 25.2 Å². The number of methoxy groups -OCH3 is 1. The van der Waals surface area contributed by atoms with E-state index >= 15 is 0 Å². The maximum atomic E-state index is 13.8. The molecule has 0 atom stereocenters. The van der Waals surface area contributed by atoms with Crippen molar-refractivity contribution < 1.29 is 22.7 Å². The summed E-state index contributed by atoms with van der Waals surface area (Å²) >= 11 is 0. The third kappa shape index (κ3) is 3.56. The molecule has 0 aliphatic heterocycles. The van der Waals surface area contributed by atoms with E-state index in [1.54, 1.807) is 6.07 Å². The summed E-state index contributed by atoms with van der Waals surface area (Å²) in [6.45, 7) is 0. The number of hydrogen-bond donors (Lipinski definition) is 2. The van der Waals surface area contributed by atoms with E-state index in [0.29, 0.717) is 5.75 Å². The van der Waals surface area contributed by atoms with Crippen LogP contribution in [0.4, 0.5) is 10.1 Å². The van der Waals surface area contributed by atoms with Crippen molar-refractivity contribution in [2.24, 2.45) is 0 Å². The minimum Gasteiger partial charge on any atom is -0.508 e. The smallest absolute Gasteiger partial charge is 0.265 e. The number of sulfonamides is 1. The lowest BCUT2D eigenvalue weighted by molar-refractivity contribution is 0.408. The van der Waals surface area contributed by atoms with Gasteiger partial charge in [-0.05, 0) is 12.1 Å².